The molecule has 0 radical (unpaired) electrons. The fourth-order valence-corrected chi connectivity index (χ4v) is 4.67. The van der Waals surface area contributed by atoms with Crippen LogP contribution in [0.5, 0.6) is 0 Å². The van der Waals surface area contributed by atoms with Crippen molar-refractivity contribution < 1.29 is 19.4 Å². The number of benzene rings is 3. The number of carbonyl (C=O) groups excluding carboxylic acids is 2. The second-order valence-electron chi connectivity index (χ2n) is 9.83. The molecule has 0 bridgehead atoms. The molecule has 2 atom stereocenters. The first-order valence-electron chi connectivity index (χ1n) is 13.5. The van der Waals surface area contributed by atoms with Crippen LogP contribution in [0.3, 0.4) is 0 Å². The second-order valence-corrected chi connectivity index (χ2v) is 9.83. The molecule has 1 amide bonds. The van der Waals surface area contributed by atoms with Gasteiger partial charge in [-0.25, -0.2) is 4.98 Å². The fraction of sp³-hybridized carbons (Fsp3) is 0.182. The molecule has 5 rings (SSSR count). The van der Waals surface area contributed by atoms with Crippen LogP contribution in [0.2, 0.25) is 0 Å². The number of nitrogens with zero attached hydrogens (tertiary/aromatic N) is 2. The zero-order chi connectivity index (χ0) is 28.4. The molecule has 0 aliphatic carbocycles. The Morgan fingerprint density at radius 3 is 2.20 bits per heavy atom. The molecule has 0 saturated carbocycles. The van der Waals surface area contributed by atoms with E-state index in [4.69, 9.17) is 4.74 Å². The van der Waals surface area contributed by atoms with Gasteiger partial charge in [0.15, 0.2) is 0 Å². The van der Waals surface area contributed by atoms with E-state index in [0.717, 1.165) is 33.5 Å². The van der Waals surface area contributed by atoms with Crippen LogP contribution in [-0.2, 0) is 27.4 Å². The maximum atomic E-state index is 13.5. The lowest BCUT2D eigenvalue weighted by Crippen LogP contribution is -2.43. The SMILES string of the molecule is O=C(CC(C(=O)NC(CO)Cc1cnc[nH]1)n1ccc(-c2ccc(-c3ccccc3)cc2)c1)OCc1ccccc1. The number of rotatable bonds is 12. The number of hydrogen-bond donors (Lipinski definition) is 3. The van der Waals surface area contributed by atoms with Crippen molar-refractivity contribution >= 4 is 11.9 Å². The maximum Gasteiger partial charge on any atom is 0.308 e. The predicted octanol–water partition coefficient (Wildman–Crippen LogP) is 4.94. The van der Waals surface area contributed by atoms with Gasteiger partial charge in [-0.3, -0.25) is 9.59 Å². The van der Waals surface area contributed by atoms with Crippen LogP contribution >= 0.6 is 0 Å². The smallest absolute Gasteiger partial charge is 0.308 e. The van der Waals surface area contributed by atoms with Gasteiger partial charge in [-0.15, -0.1) is 0 Å². The Balaban J connectivity index is 1.33. The molecule has 41 heavy (non-hydrogen) atoms. The maximum absolute atomic E-state index is 13.5. The lowest BCUT2D eigenvalue weighted by atomic mass is 10.0. The second kappa shape index (κ2) is 13.4. The molecule has 8 heteroatoms. The summed E-state index contributed by atoms with van der Waals surface area (Å²) in [5.41, 5.74) is 5.79. The van der Waals surface area contributed by atoms with E-state index in [-0.39, 0.29) is 25.5 Å². The lowest BCUT2D eigenvalue weighted by Gasteiger charge is -2.22. The first-order chi connectivity index (χ1) is 20.1. The minimum absolute atomic E-state index is 0.123. The first kappa shape index (κ1) is 27.6. The van der Waals surface area contributed by atoms with Crippen LogP contribution in [0, 0.1) is 0 Å². The summed E-state index contributed by atoms with van der Waals surface area (Å²) in [4.78, 5) is 33.4. The van der Waals surface area contributed by atoms with E-state index in [1.807, 2.05) is 72.9 Å². The van der Waals surface area contributed by atoms with Gasteiger partial charge in [-0.05, 0) is 33.9 Å². The fourth-order valence-electron chi connectivity index (χ4n) is 4.67. The van der Waals surface area contributed by atoms with Crippen molar-refractivity contribution in [3.8, 4) is 22.3 Å². The molecule has 2 aromatic heterocycles. The van der Waals surface area contributed by atoms with E-state index in [1.54, 1.807) is 23.3 Å². The molecule has 0 fully saturated rings. The van der Waals surface area contributed by atoms with Gasteiger partial charge < -0.3 is 24.7 Å². The number of carbonyl (C=O) groups is 2. The summed E-state index contributed by atoms with van der Waals surface area (Å²) in [5.74, 6) is -0.882. The predicted molar refractivity (Wildman–Crippen MR) is 157 cm³/mol. The molecule has 3 aromatic carbocycles. The summed E-state index contributed by atoms with van der Waals surface area (Å²) >= 11 is 0. The number of H-pyrrole nitrogens is 1. The number of imidazole rings is 1. The molecule has 2 heterocycles. The number of aliphatic hydroxyl groups is 1. The van der Waals surface area contributed by atoms with Gasteiger partial charge in [0.25, 0.3) is 0 Å². The minimum atomic E-state index is -0.869. The third-order valence-corrected chi connectivity index (χ3v) is 6.89. The van der Waals surface area contributed by atoms with Crippen LogP contribution in [0.4, 0.5) is 0 Å². The summed E-state index contributed by atoms with van der Waals surface area (Å²) in [6, 6.07) is 28.2. The van der Waals surface area contributed by atoms with Crippen molar-refractivity contribution in [2.75, 3.05) is 6.61 Å². The number of aromatic nitrogens is 3. The van der Waals surface area contributed by atoms with Crippen molar-refractivity contribution in [2.24, 2.45) is 0 Å². The van der Waals surface area contributed by atoms with Crippen molar-refractivity contribution in [1.82, 2.24) is 19.9 Å². The standard InChI is InChI=1S/C33H32N4O4/c38-21-30(17-29-19-34-23-35-29)36-33(40)31(18-32(39)41-22-24-7-3-1-4-8-24)37-16-15-28(20-37)27-13-11-26(12-14-27)25-9-5-2-6-10-25/h1-16,19-20,23,30-31,38H,17-18,21-22H2,(H,34,35)(H,36,40). The third kappa shape index (κ3) is 7.38. The average Bonchev–Trinajstić information content (AvgIpc) is 3.72. The van der Waals surface area contributed by atoms with Gasteiger partial charge in [0, 0.05) is 30.7 Å². The molecular formula is C33H32N4O4. The number of amides is 1. The monoisotopic (exact) mass is 548 g/mol. The van der Waals surface area contributed by atoms with Crippen LogP contribution in [0.15, 0.2) is 116 Å². The summed E-state index contributed by atoms with van der Waals surface area (Å²) in [6.45, 7) is -0.140. The Bertz CT molecular complexity index is 1530. The van der Waals surface area contributed by atoms with Crippen LogP contribution in [0.1, 0.15) is 23.7 Å². The molecule has 0 saturated heterocycles. The van der Waals surface area contributed by atoms with Gasteiger partial charge in [0.2, 0.25) is 5.91 Å². The molecule has 0 spiro atoms. The molecule has 0 aliphatic heterocycles. The average molecular weight is 549 g/mol. The van der Waals surface area contributed by atoms with Crippen molar-refractivity contribution in [1.29, 1.82) is 0 Å². The van der Waals surface area contributed by atoms with E-state index in [0.29, 0.717) is 6.42 Å². The van der Waals surface area contributed by atoms with E-state index in [9.17, 15) is 14.7 Å². The summed E-state index contributed by atoms with van der Waals surface area (Å²) in [7, 11) is 0. The van der Waals surface area contributed by atoms with Crippen molar-refractivity contribution in [3.63, 3.8) is 0 Å². The lowest BCUT2D eigenvalue weighted by molar-refractivity contribution is -0.147. The highest BCUT2D eigenvalue weighted by molar-refractivity contribution is 5.85. The van der Waals surface area contributed by atoms with Crippen molar-refractivity contribution in [3.05, 3.63) is 127 Å². The molecule has 2 unspecified atom stereocenters. The van der Waals surface area contributed by atoms with Gasteiger partial charge >= 0.3 is 5.97 Å². The topological polar surface area (TPSA) is 109 Å². The molecule has 208 valence electrons. The van der Waals surface area contributed by atoms with Crippen LogP contribution < -0.4 is 5.32 Å². The number of ether oxygens (including phenoxy) is 1. The van der Waals surface area contributed by atoms with E-state index >= 15 is 0 Å². The van der Waals surface area contributed by atoms with E-state index in [1.165, 1.54) is 0 Å². The number of aliphatic hydroxyl groups excluding tert-OH is 1. The quantitative estimate of drug-likeness (QED) is 0.191. The Morgan fingerprint density at radius 2 is 1.54 bits per heavy atom. The molecule has 5 aromatic rings. The number of esters is 1. The Kier molecular flexibility index (Phi) is 9.03. The van der Waals surface area contributed by atoms with E-state index < -0.39 is 18.1 Å². The zero-order valence-electron chi connectivity index (χ0n) is 22.5. The Labute approximate surface area is 238 Å². The first-order valence-corrected chi connectivity index (χ1v) is 13.5. The van der Waals surface area contributed by atoms with Gasteiger partial charge in [-0.1, -0.05) is 84.9 Å². The van der Waals surface area contributed by atoms with E-state index in [2.05, 4.69) is 39.6 Å². The van der Waals surface area contributed by atoms with Crippen molar-refractivity contribution in [2.45, 2.75) is 31.5 Å². The minimum Gasteiger partial charge on any atom is -0.461 e. The number of aromatic amines is 1. The molecule has 8 nitrogen and oxygen atoms in total. The summed E-state index contributed by atoms with van der Waals surface area (Å²) < 4.78 is 7.22. The zero-order valence-corrected chi connectivity index (χ0v) is 22.5. The highest BCUT2D eigenvalue weighted by atomic mass is 16.5. The normalized spacial score (nSPS) is 12.4. The highest BCUT2D eigenvalue weighted by Crippen LogP contribution is 2.27. The van der Waals surface area contributed by atoms with Gasteiger partial charge in [0.05, 0.1) is 25.4 Å². The molecular weight excluding hydrogens is 516 g/mol. The van der Waals surface area contributed by atoms with Gasteiger partial charge in [-0.2, -0.15) is 0 Å². The van der Waals surface area contributed by atoms with Gasteiger partial charge in [0.1, 0.15) is 12.6 Å². The number of nitrogens with one attached hydrogen (secondary N) is 2. The number of hydrogen-bond acceptors (Lipinski definition) is 5. The Hall–Kier alpha value is -4.95. The molecule has 0 aliphatic rings. The Morgan fingerprint density at radius 1 is 0.878 bits per heavy atom. The highest BCUT2D eigenvalue weighted by Gasteiger charge is 2.27. The largest absolute Gasteiger partial charge is 0.461 e. The summed E-state index contributed by atoms with van der Waals surface area (Å²) in [6.07, 6.45) is 7.05. The van der Waals surface area contributed by atoms with Crippen LogP contribution in [0.25, 0.3) is 22.3 Å². The third-order valence-electron chi connectivity index (χ3n) is 6.89. The molecule has 3 N–H and O–H groups in total. The van der Waals surface area contributed by atoms with Crippen LogP contribution in [-0.4, -0.2) is 44.2 Å². The summed E-state index contributed by atoms with van der Waals surface area (Å²) in [5, 5.41) is 12.8.